The van der Waals surface area contributed by atoms with Crippen molar-refractivity contribution in [2.45, 2.75) is 18.6 Å². The third kappa shape index (κ3) is 6.64. The first-order chi connectivity index (χ1) is 13.8. The highest BCUT2D eigenvalue weighted by molar-refractivity contribution is 8.15. The summed E-state index contributed by atoms with van der Waals surface area (Å²) in [5, 5.41) is 18.6. The molecule has 0 aromatic heterocycles. The monoisotopic (exact) mass is 443 g/mol. The molecule has 1 aromatic rings. The van der Waals surface area contributed by atoms with Crippen molar-refractivity contribution in [1.82, 2.24) is 5.32 Å². The van der Waals surface area contributed by atoms with E-state index in [-0.39, 0.29) is 41.3 Å². The van der Waals surface area contributed by atoms with E-state index in [2.05, 4.69) is 15.5 Å². The van der Waals surface area contributed by atoms with Crippen LogP contribution in [0.5, 0.6) is 11.5 Å². The summed E-state index contributed by atoms with van der Waals surface area (Å²) >= 11 is 7.18. The predicted octanol–water partition coefficient (Wildman–Crippen LogP) is 1.69. The minimum Gasteiger partial charge on any atom is -0.493 e. The van der Waals surface area contributed by atoms with Crippen molar-refractivity contribution >= 4 is 52.6 Å². The van der Waals surface area contributed by atoms with Gasteiger partial charge >= 0.3 is 11.9 Å². The molecule has 29 heavy (non-hydrogen) atoms. The Kier molecular flexibility index (Phi) is 8.28. The smallest absolute Gasteiger partial charge is 0.344 e. The second-order valence-corrected chi connectivity index (χ2v) is 7.07. The molecule has 2 rings (SSSR count). The van der Waals surface area contributed by atoms with Crippen LogP contribution in [-0.2, 0) is 19.1 Å². The summed E-state index contributed by atoms with van der Waals surface area (Å²) in [6.45, 7) is 1.60. The summed E-state index contributed by atoms with van der Waals surface area (Å²) in [5.74, 6) is -1.58. The topological polar surface area (TPSA) is 136 Å². The maximum Gasteiger partial charge on any atom is 0.344 e. The number of amidine groups is 1. The number of rotatable bonds is 9. The van der Waals surface area contributed by atoms with Crippen molar-refractivity contribution in [2.75, 3.05) is 20.3 Å². The molecule has 2 N–H and O–H groups in total. The number of halogens is 1. The van der Waals surface area contributed by atoms with Crippen LogP contribution in [0.1, 0.15) is 18.9 Å². The van der Waals surface area contributed by atoms with Gasteiger partial charge in [0.2, 0.25) is 5.91 Å². The van der Waals surface area contributed by atoms with Crippen molar-refractivity contribution in [3.8, 4) is 11.5 Å². The second-order valence-electron chi connectivity index (χ2n) is 5.47. The summed E-state index contributed by atoms with van der Waals surface area (Å²) in [6.07, 6.45) is 1.06. The molecule has 12 heteroatoms. The molecule has 0 spiro atoms. The quantitative estimate of drug-likeness (QED) is 0.334. The molecule has 1 amide bonds. The summed E-state index contributed by atoms with van der Waals surface area (Å²) in [7, 11) is 1.41. The van der Waals surface area contributed by atoms with Gasteiger partial charge in [0.05, 0.1) is 31.4 Å². The number of benzene rings is 1. The number of methoxy groups -OCH3 is 1. The SMILES string of the molecule is CCOC(=O)COc1c(Cl)cc(C=NN=C2NC(=O)C(CC(=O)O)S2)cc1OC. The first-order valence-corrected chi connectivity index (χ1v) is 9.56. The Labute approximate surface area is 175 Å². The number of ether oxygens (including phenoxy) is 3. The maximum absolute atomic E-state index is 11.7. The first-order valence-electron chi connectivity index (χ1n) is 8.30. The van der Waals surface area contributed by atoms with E-state index in [0.717, 1.165) is 11.8 Å². The lowest BCUT2D eigenvalue weighted by Crippen LogP contribution is -2.26. The average Bonchev–Trinajstić information content (AvgIpc) is 2.99. The van der Waals surface area contributed by atoms with Gasteiger partial charge in [-0.3, -0.25) is 9.59 Å². The number of carboxylic acid groups (broad SMARTS) is 1. The summed E-state index contributed by atoms with van der Waals surface area (Å²) in [4.78, 5) is 33.8. The minimum atomic E-state index is -1.07. The van der Waals surface area contributed by atoms with Gasteiger partial charge in [0.25, 0.3) is 0 Å². The van der Waals surface area contributed by atoms with Crippen LogP contribution in [0, 0.1) is 0 Å². The molecule has 1 heterocycles. The van der Waals surface area contributed by atoms with Crippen molar-refractivity contribution in [2.24, 2.45) is 10.2 Å². The Hall–Kier alpha value is -2.79. The third-order valence-electron chi connectivity index (χ3n) is 3.38. The fraction of sp³-hybridized carbons (Fsp3) is 0.353. The van der Waals surface area contributed by atoms with Crippen molar-refractivity contribution < 1.29 is 33.7 Å². The number of nitrogens with one attached hydrogen (secondary N) is 1. The van der Waals surface area contributed by atoms with Crippen LogP contribution in [0.15, 0.2) is 22.3 Å². The normalized spacial score (nSPS) is 17.4. The second kappa shape index (κ2) is 10.7. The minimum absolute atomic E-state index is 0.181. The van der Waals surface area contributed by atoms with E-state index in [4.69, 9.17) is 30.9 Å². The lowest BCUT2D eigenvalue weighted by molar-refractivity contribution is -0.145. The number of carbonyl (C=O) groups excluding carboxylic acids is 2. The van der Waals surface area contributed by atoms with Crippen molar-refractivity contribution in [3.63, 3.8) is 0 Å². The van der Waals surface area contributed by atoms with E-state index in [1.165, 1.54) is 19.4 Å². The first kappa shape index (κ1) is 22.5. The van der Waals surface area contributed by atoms with Crippen LogP contribution in [0.3, 0.4) is 0 Å². The van der Waals surface area contributed by atoms with E-state index in [9.17, 15) is 14.4 Å². The molecule has 1 atom stereocenters. The lowest BCUT2D eigenvalue weighted by atomic mass is 10.2. The van der Waals surface area contributed by atoms with Gasteiger partial charge in [-0.25, -0.2) is 4.79 Å². The third-order valence-corrected chi connectivity index (χ3v) is 4.74. The molecule has 1 unspecified atom stereocenters. The Balaban J connectivity index is 2.07. The van der Waals surface area contributed by atoms with Crippen LogP contribution < -0.4 is 14.8 Å². The Morgan fingerprint density at radius 3 is 2.83 bits per heavy atom. The van der Waals surface area contributed by atoms with E-state index in [0.29, 0.717) is 5.56 Å². The highest BCUT2D eigenvalue weighted by Crippen LogP contribution is 2.36. The van der Waals surface area contributed by atoms with Gasteiger partial charge in [-0.2, -0.15) is 5.10 Å². The van der Waals surface area contributed by atoms with Gasteiger partial charge in [-0.15, -0.1) is 5.10 Å². The summed E-state index contributed by atoms with van der Waals surface area (Å²) in [6, 6.07) is 3.10. The van der Waals surface area contributed by atoms with E-state index < -0.39 is 23.1 Å². The Bertz CT molecular complexity index is 860. The number of hydrogen-bond donors (Lipinski definition) is 2. The largest absolute Gasteiger partial charge is 0.493 e. The molecule has 1 saturated heterocycles. The molecular formula is C17H18ClN3O7S. The standard InChI is InChI=1S/C17H18ClN3O7S/c1-3-27-14(24)8-28-15-10(18)4-9(5-11(15)26-2)7-19-21-17-20-16(25)12(29-17)6-13(22)23/h4-5,7,12H,3,6,8H2,1-2H3,(H,22,23)(H,20,21,25). The average molecular weight is 444 g/mol. The Morgan fingerprint density at radius 2 is 2.17 bits per heavy atom. The number of amides is 1. The van der Waals surface area contributed by atoms with Crippen LogP contribution in [0.4, 0.5) is 0 Å². The summed E-state index contributed by atoms with van der Waals surface area (Å²) in [5.41, 5.74) is 0.524. The molecule has 1 aliphatic rings. The molecule has 1 fully saturated rings. The number of nitrogens with zero attached hydrogens (tertiary/aromatic N) is 2. The number of thioether (sulfide) groups is 1. The zero-order chi connectivity index (χ0) is 21.4. The van der Waals surface area contributed by atoms with Crippen LogP contribution in [0.2, 0.25) is 5.02 Å². The highest BCUT2D eigenvalue weighted by Gasteiger charge is 2.32. The fourth-order valence-corrected chi connectivity index (χ4v) is 3.37. The number of carbonyl (C=O) groups is 3. The molecule has 0 aliphatic carbocycles. The molecule has 156 valence electrons. The van der Waals surface area contributed by atoms with Crippen LogP contribution in [-0.4, -0.2) is 59.9 Å². The van der Waals surface area contributed by atoms with Gasteiger partial charge in [0, 0.05) is 5.56 Å². The molecule has 10 nitrogen and oxygen atoms in total. The number of hydrogen-bond acceptors (Lipinski definition) is 9. The van der Waals surface area contributed by atoms with Gasteiger partial charge < -0.3 is 24.6 Å². The van der Waals surface area contributed by atoms with Gasteiger partial charge in [-0.05, 0) is 19.1 Å². The lowest BCUT2D eigenvalue weighted by Gasteiger charge is -2.12. The summed E-state index contributed by atoms with van der Waals surface area (Å²) < 4.78 is 15.4. The molecule has 1 aromatic carbocycles. The fourth-order valence-electron chi connectivity index (χ4n) is 2.18. The van der Waals surface area contributed by atoms with Crippen LogP contribution >= 0.6 is 23.4 Å². The van der Waals surface area contributed by atoms with E-state index in [1.54, 1.807) is 13.0 Å². The maximum atomic E-state index is 11.7. The Morgan fingerprint density at radius 1 is 1.41 bits per heavy atom. The molecule has 0 bridgehead atoms. The van der Waals surface area contributed by atoms with Crippen molar-refractivity contribution in [1.29, 1.82) is 0 Å². The molecule has 0 radical (unpaired) electrons. The molecule has 1 aliphatic heterocycles. The predicted molar refractivity (Wildman–Crippen MR) is 107 cm³/mol. The van der Waals surface area contributed by atoms with Crippen LogP contribution in [0.25, 0.3) is 0 Å². The molecular weight excluding hydrogens is 426 g/mol. The van der Waals surface area contributed by atoms with Gasteiger partial charge in [0.1, 0.15) is 5.25 Å². The zero-order valence-corrected chi connectivity index (χ0v) is 17.1. The zero-order valence-electron chi connectivity index (χ0n) is 15.5. The van der Waals surface area contributed by atoms with E-state index in [1.807, 2.05) is 0 Å². The molecule has 0 saturated carbocycles. The number of aliphatic carboxylic acids is 1. The number of esters is 1. The van der Waals surface area contributed by atoms with E-state index >= 15 is 0 Å². The van der Waals surface area contributed by atoms with Gasteiger partial charge in [-0.1, -0.05) is 23.4 Å². The highest BCUT2D eigenvalue weighted by atomic mass is 35.5. The number of carboxylic acids is 1. The van der Waals surface area contributed by atoms with Crippen molar-refractivity contribution in [3.05, 3.63) is 22.7 Å². The van der Waals surface area contributed by atoms with Gasteiger partial charge in [0.15, 0.2) is 23.3 Å².